The van der Waals surface area contributed by atoms with Gasteiger partial charge in [0.15, 0.2) is 5.82 Å². The molecule has 2 atom stereocenters. The van der Waals surface area contributed by atoms with Crippen molar-refractivity contribution in [2.45, 2.75) is 38.1 Å². The first-order chi connectivity index (χ1) is 9.33. The van der Waals surface area contributed by atoms with Gasteiger partial charge >= 0.3 is 0 Å². The Morgan fingerprint density at radius 1 is 1.42 bits per heavy atom. The van der Waals surface area contributed by atoms with Crippen molar-refractivity contribution in [1.82, 2.24) is 15.5 Å². The summed E-state index contributed by atoms with van der Waals surface area (Å²) in [5.41, 5.74) is 2.77. The first kappa shape index (κ1) is 12.4. The number of aromatic nitrogens is 2. The summed E-state index contributed by atoms with van der Waals surface area (Å²) in [4.78, 5) is 4.59. The Morgan fingerprint density at radius 3 is 3.05 bits per heavy atom. The van der Waals surface area contributed by atoms with Crippen molar-refractivity contribution in [2.75, 3.05) is 7.05 Å². The van der Waals surface area contributed by atoms with Crippen LogP contribution >= 0.6 is 0 Å². The highest BCUT2D eigenvalue weighted by Gasteiger charge is 2.28. The Bertz CT molecular complexity index is 560. The van der Waals surface area contributed by atoms with Crippen LogP contribution in [0.5, 0.6) is 0 Å². The minimum absolute atomic E-state index is 0.151. The molecule has 3 rings (SSSR count). The smallest absolute Gasteiger partial charge is 0.243 e. The van der Waals surface area contributed by atoms with Gasteiger partial charge < -0.3 is 9.84 Å². The number of hydrogen-bond acceptors (Lipinski definition) is 4. The van der Waals surface area contributed by atoms with Gasteiger partial charge in [0.05, 0.1) is 6.04 Å². The molecule has 1 aromatic heterocycles. The van der Waals surface area contributed by atoms with Crippen molar-refractivity contribution in [2.24, 2.45) is 0 Å². The highest BCUT2D eigenvalue weighted by atomic mass is 16.5. The molecular formula is C15H19N3O. The van der Waals surface area contributed by atoms with Crippen molar-refractivity contribution in [1.29, 1.82) is 0 Å². The predicted molar refractivity (Wildman–Crippen MR) is 73.0 cm³/mol. The van der Waals surface area contributed by atoms with E-state index in [1.807, 2.05) is 7.05 Å². The summed E-state index contributed by atoms with van der Waals surface area (Å²) in [6, 6.07) is 8.70. The van der Waals surface area contributed by atoms with Crippen molar-refractivity contribution < 1.29 is 4.52 Å². The lowest BCUT2D eigenvalue weighted by Crippen LogP contribution is -2.15. The Kier molecular flexibility index (Phi) is 3.34. The minimum Gasteiger partial charge on any atom is -0.338 e. The number of fused-ring (bicyclic) bond motifs is 1. The summed E-state index contributed by atoms with van der Waals surface area (Å²) in [7, 11) is 1.92. The molecule has 2 aromatic rings. The van der Waals surface area contributed by atoms with Gasteiger partial charge in [0, 0.05) is 5.92 Å². The third-order valence-electron chi connectivity index (χ3n) is 3.96. The molecule has 0 radical (unpaired) electrons. The Balaban J connectivity index is 1.88. The fourth-order valence-electron chi connectivity index (χ4n) is 2.86. The van der Waals surface area contributed by atoms with Gasteiger partial charge in [0.25, 0.3) is 0 Å². The van der Waals surface area contributed by atoms with Crippen molar-refractivity contribution in [3.63, 3.8) is 0 Å². The monoisotopic (exact) mass is 257 g/mol. The molecule has 1 N–H and O–H groups in total. The third kappa shape index (κ3) is 2.16. The fraction of sp³-hybridized carbons (Fsp3) is 0.467. The zero-order valence-electron chi connectivity index (χ0n) is 11.4. The van der Waals surface area contributed by atoms with E-state index < -0.39 is 0 Å². The number of benzene rings is 1. The van der Waals surface area contributed by atoms with E-state index in [-0.39, 0.29) is 6.04 Å². The molecule has 1 heterocycles. The molecule has 4 nitrogen and oxygen atoms in total. The predicted octanol–water partition coefficient (Wildman–Crippen LogP) is 2.82. The molecule has 100 valence electrons. The quantitative estimate of drug-likeness (QED) is 0.915. The highest BCUT2D eigenvalue weighted by molar-refractivity contribution is 5.38. The first-order valence-corrected chi connectivity index (χ1v) is 6.92. The van der Waals surface area contributed by atoms with E-state index in [9.17, 15) is 0 Å². The van der Waals surface area contributed by atoms with Crippen LogP contribution in [0.2, 0.25) is 0 Å². The molecule has 0 fully saturated rings. The average molecular weight is 257 g/mol. The van der Waals surface area contributed by atoms with Crippen LogP contribution in [0.4, 0.5) is 0 Å². The summed E-state index contributed by atoms with van der Waals surface area (Å²) in [6.07, 6.45) is 3.13. The second kappa shape index (κ2) is 5.13. The second-order valence-corrected chi connectivity index (χ2v) is 5.03. The summed E-state index contributed by atoms with van der Waals surface area (Å²) in [5, 5.41) is 7.38. The SMILES string of the molecule is CCC(NC)c1nc(C2CCc3ccccc32)no1. The lowest BCUT2D eigenvalue weighted by atomic mass is 10.0. The van der Waals surface area contributed by atoms with Crippen LogP contribution in [0.15, 0.2) is 28.8 Å². The number of rotatable bonds is 4. The minimum atomic E-state index is 0.151. The topological polar surface area (TPSA) is 51.0 Å². The first-order valence-electron chi connectivity index (χ1n) is 6.92. The van der Waals surface area contributed by atoms with E-state index in [1.165, 1.54) is 11.1 Å². The number of aryl methyl sites for hydroxylation is 1. The summed E-state index contributed by atoms with van der Waals surface area (Å²) in [5.74, 6) is 1.82. The molecule has 2 unspecified atom stereocenters. The van der Waals surface area contributed by atoms with Gasteiger partial charge in [-0.3, -0.25) is 0 Å². The van der Waals surface area contributed by atoms with Gasteiger partial charge in [-0.15, -0.1) is 0 Å². The number of nitrogens with zero attached hydrogens (tertiary/aromatic N) is 2. The van der Waals surface area contributed by atoms with Gasteiger partial charge in [0.1, 0.15) is 0 Å². The molecule has 4 heteroatoms. The van der Waals surface area contributed by atoms with Crippen LogP contribution in [-0.4, -0.2) is 17.2 Å². The Labute approximate surface area is 113 Å². The van der Waals surface area contributed by atoms with Crippen molar-refractivity contribution in [3.8, 4) is 0 Å². The Morgan fingerprint density at radius 2 is 2.26 bits per heavy atom. The largest absolute Gasteiger partial charge is 0.338 e. The van der Waals surface area contributed by atoms with Crippen LogP contribution in [-0.2, 0) is 6.42 Å². The van der Waals surface area contributed by atoms with Gasteiger partial charge in [-0.25, -0.2) is 0 Å². The fourth-order valence-corrected chi connectivity index (χ4v) is 2.86. The molecule has 0 bridgehead atoms. The molecule has 1 aromatic carbocycles. The zero-order chi connectivity index (χ0) is 13.2. The van der Waals surface area contributed by atoms with Gasteiger partial charge in [-0.1, -0.05) is 36.3 Å². The molecule has 1 aliphatic carbocycles. The van der Waals surface area contributed by atoms with Crippen LogP contribution in [0, 0.1) is 0 Å². The Hall–Kier alpha value is -1.68. The van der Waals surface area contributed by atoms with E-state index in [1.54, 1.807) is 0 Å². The summed E-state index contributed by atoms with van der Waals surface area (Å²) < 4.78 is 5.41. The van der Waals surface area contributed by atoms with E-state index >= 15 is 0 Å². The average Bonchev–Trinajstić information content (AvgIpc) is 3.06. The van der Waals surface area contributed by atoms with Crippen LogP contribution in [0.1, 0.15) is 54.6 Å². The van der Waals surface area contributed by atoms with Gasteiger partial charge in [0.2, 0.25) is 5.89 Å². The van der Waals surface area contributed by atoms with Crippen LogP contribution in [0.3, 0.4) is 0 Å². The van der Waals surface area contributed by atoms with Gasteiger partial charge in [-0.2, -0.15) is 4.98 Å². The molecule has 0 aliphatic heterocycles. The van der Waals surface area contributed by atoms with E-state index in [2.05, 4.69) is 46.6 Å². The van der Waals surface area contributed by atoms with E-state index in [0.717, 1.165) is 25.1 Å². The van der Waals surface area contributed by atoms with E-state index in [4.69, 9.17) is 4.52 Å². The molecule has 0 spiro atoms. The van der Waals surface area contributed by atoms with E-state index in [0.29, 0.717) is 11.8 Å². The number of nitrogens with one attached hydrogen (secondary N) is 1. The molecular weight excluding hydrogens is 238 g/mol. The molecule has 1 aliphatic rings. The van der Waals surface area contributed by atoms with Gasteiger partial charge in [-0.05, 0) is 37.4 Å². The second-order valence-electron chi connectivity index (χ2n) is 5.03. The third-order valence-corrected chi connectivity index (χ3v) is 3.96. The summed E-state index contributed by atoms with van der Waals surface area (Å²) in [6.45, 7) is 2.11. The molecule has 0 amide bonds. The van der Waals surface area contributed by atoms with Crippen LogP contribution < -0.4 is 5.32 Å². The maximum absolute atomic E-state index is 5.41. The molecule has 0 saturated carbocycles. The maximum atomic E-state index is 5.41. The van der Waals surface area contributed by atoms with Crippen molar-refractivity contribution in [3.05, 3.63) is 47.1 Å². The van der Waals surface area contributed by atoms with Crippen LogP contribution in [0.25, 0.3) is 0 Å². The standard InChI is InChI=1S/C15H19N3O/c1-3-13(16-2)15-17-14(18-19-15)12-9-8-10-6-4-5-7-11(10)12/h4-7,12-13,16H,3,8-9H2,1-2H3. The lowest BCUT2D eigenvalue weighted by molar-refractivity contribution is 0.330. The summed E-state index contributed by atoms with van der Waals surface area (Å²) >= 11 is 0. The molecule has 19 heavy (non-hydrogen) atoms. The number of hydrogen-bond donors (Lipinski definition) is 1. The lowest BCUT2D eigenvalue weighted by Gasteiger charge is -2.07. The zero-order valence-corrected chi connectivity index (χ0v) is 11.4. The molecule has 0 saturated heterocycles. The maximum Gasteiger partial charge on any atom is 0.243 e. The normalized spacial score (nSPS) is 19.4. The highest BCUT2D eigenvalue weighted by Crippen LogP contribution is 2.36. The van der Waals surface area contributed by atoms with Crippen molar-refractivity contribution >= 4 is 0 Å².